The van der Waals surface area contributed by atoms with Crippen molar-refractivity contribution in [2.75, 3.05) is 13.2 Å². The number of likely N-dealkylation sites (tertiary alicyclic amines) is 1. The second-order valence-corrected chi connectivity index (χ2v) is 4.92. The normalized spacial score (nSPS) is 20.2. The Labute approximate surface area is 110 Å². The average Bonchev–Trinajstić information content (AvgIpc) is 2.78. The van der Waals surface area contributed by atoms with Gasteiger partial charge in [-0.15, -0.1) is 0 Å². The lowest BCUT2D eigenvalue weighted by Crippen LogP contribution is -2.31. The van der Waals surface area contributed by atoms with Gasteiger partial charge < -0.3 is 5.11 Å². The number of nitro groups is 1. The highest BCUT2D eigenvalue weighted by Gasteiger charge is 2.26. The second-order valence-electron chi connectivity index (χ2n) is 4.48. The summed E-state index contributed by atoms with van der Waals surface area (Å²) in [6.45, 7) is 1.45. The number of benzene rings is 1. The molecule has 0 aromatic heterocycles. The van der Waals surface area contributed by atoms with Crippen LogP contribution in [0.15, 0.2) is 18.2 Å². The Hall–Kier alpha value is -1.17. The first-order valence-electron chi connectivity index (χ1n) is 5.89. The third-order valence-electron chi connectivity index (χ3n) is 3.33. The summed E-state index contributed by atoms with van der Waals surface area (Å²) in [7, 11) is 0. The maximum atomic E-state index is 11.0. The minimum Gasteiger partial charge on any atom is -0.395 e. The highest BCUT2D eigenvalue weighted by Crippen LogP contribution is 2.27. The van der Waals surface area contributed by atoms with Gasteiger partial charge in [-0.25, -0.2) is 0 Å². The van der Waals surface area contributed by atoms with Crippen molar-refractivity contribution in [2.24, 2.45) is 0 Å². The molecule has 6 heteroatoms. The van der Waals surface area contributed by atoms with Crippen molar-refractivity contribution >= 4 is 17.3 Å². The Kier molecular flexibility index (Phi) is 4.16. The molecule has 0 amide bonds. The van der Waals surface area contributed by atoms with Crippen molar-refractivity contribution in [3.63, 3.8) is 0 Å². The summed E-state index contributed by atoms with van der Waals surface area (Å²) in [5, 5.41) is 20.6. The molecule has 2 rings (SSSR count). The van der Waals surface area contributed by atoms with Crippen LogP contribution in [-0.4, -0.2) is 34.1 Å². The molecule has 1 aromatic carbocycles. The zero-order valence-electron chi connectivity index (χ0n) is 9.88. The van der Waals surface area contributed by atoms with Gasteiger partial charge in [0.05, 0.1) is 11.5 Å². The van der Waals surface area contributed by atoms with Crippen LogP contribution in [0.1, 0.15) is 18.4 Å². The molecule has 1 aliphatic rings. The van der Waals surface area contributed by atoms with Crippen LogP contribution < -0.4 is 0 Å². The minimum atomic E-state index is -0.411. The summed E-state index contributed by atoms with van der Waals surface area (Å²) >= 11 is 5.78. The van der Waals surface area contributed by atoms with E-state index < -0.39 is 4.92 Å². The van der Waals surface area contributed by atoms with Gasteiger partial charge >= 0.3 is 0 Å². The average molecular weight is 271 g/mol. The molecule has 0 aliphatic carbocycles. The lowest BCUT2D eigenvalue weighted by molar-refractivity contribution is -0.385. The van der Waals surface area contributed by atoms with Crippen LogP contribution >= 0.6 is 11.6 Å². The molecule has 0 radical (unpaired) electrons. The van der Waals surface area contributed by atoms with Crippen molar-refractivity contribution < 1.29 is 10.0 Å². The number of aliphatic hydroxyl groups excluding tert-OH is 1. The molecule has 1 atom stereocenters. The summed E-state index contributed by atoms with van der Waals surface area (Å²) in [5.74, 6) is 0. The van der Waals surface area contributed by atoms with Crippen LogP contribution in [0.25, 0.3) is 0 Å². The number of aliphatic hydroxyl groups is 1. The van der Waals surface area contributed by atoms with Crippen LogP contribution in [0.3, 0.4) is 0 Å². The fraction of sp³-hybridized carbons (Fsp3) is 0.500. The molecule has 18 heavy (non-hydrogen) atoms. The van der Waals surface area contributed by atoms with E-state index in [4.69, 9.17) is 11.6 Å². The van der Waals surface area contributed by atoms with Gasteiger partial charge in [-0.3, -0.25) is 15.0 Å². The molecule has 1 saturated heterocycles. The van der Waals surface area contributed by atoms with Crippen LogP contribution in [0.4, 0.5) is 5.69 Å². The van der Waals surface area contributed by atoms with Crippen molar-refractivity contribution in [3.05, 3.63) is 38.9 Å². The minimum absolute atomic E-state index is 0.0473. The van der Waals surface area contributed by atoms with E-state index in [-0.39, 0.29) is 18.3 Å². The maximum absolute atomic E-state index is 11.0. The summed E-state index contributed by atoms with van der Waals surface area (Å²) in [6, 6.07) is 4.84. The van der Waals surface area contributed by atoms with E-state index in [2.05, 4.69) is 4.90 Å². The van der Waals surface area contributed by atoms with Crippen molar-refractivity contribution in [1.82, 2.24) is 4.90 Å². The van der Waals surface area contributed by atoms with Gasteiger partial charge in [-0.2, -0.15) is 0 Å². The van der Waals surface area contributed by atoms with Crippen molar-refractivity contribution in [3.8, 4) is 0 Å². The molecular formula is C12H15ClN2O3. The molecule has 1 fully saturated rings. The number of nitrogens with zero attached hydrogens (tertiary/aromatic N) is 2. The number of halogens is 1. The number of hydrogen-bond donors (Lipinski definition) is 1. The van der Waals surface area contributed by atoms with Gasteiger partial charge in [0.1, 0.15) is 0 Å². The van der Waals surface area contributed by atoms with Crippen LogP contribution in [0, 0.1) is 10.1 Å². The van der Waals surface area contributed by atoms with E-state index in [0.717, 1.165) is 19.4 Å². The molecule has 1 aliphatic heterocycles. The lowest BCUT2D eigenvalue weighted by Gasteiger charge is -2.22. The fourth-order valence-corrected chi connectivity index (χ4v) is 2.54. The molecule has 0 bridgehead atoms. The van der Waals surface area contributed by atoms with E-state index in [0.29, 0.717) is 17.1 Å². The molecule has 0 spiro atoms. The monoisotopic (exact) mass is 270 g/mol. The van der Waals surface area contributed by atoms with E-state index in [9.17, 15) is 15.2 Å². The predicted octanol–water partition coefficient (Wildman–Crippen LogP) is 2.20. The van der Waals surface area contributed by atoms with Crippen molar-refractivity contribution in [2.45, 2.75) is 25.4 Å². The zero-order chi connectivity index (χ0) is 13.1. The van der Waals surface area contributed by atoms with Crippen molar-refractivity contribution in [1.29, 1.82) is 0 Å². The summed E-state index contributed by atoms with van der Waals surface area (Å²) < 4.78 is 0. The molecule has 1 aromatic rings. The fourth-order valence-electron chi connectivity index (χ4n) is 2.37. The molecule has 0 saturated carbocycles. The Morgan fingerprint density at radius 1 is 1.56 bits per heavy atom. The summed E-state index contributed by atoms with van der Waals surface area (Å²) in [4.78, 5) is 12.6. The van der Waals surface area contributed by atoms with Gasteiger partial charge in [0.15, 0.2) is 0 Å². The van der Waals surface area contributed by atoms with Gasteiger partial charge in [-0.05, 0) is 31.5 Å². The molecule has 1 N–H and O–H groups in total. The highest BCUT2D eigenvalue weighted by molar-refractivity contribution is 6.30. The number of hydrogen-bond acceptors (Lipinski definition) is 4. The molecule has 98 valence electrons. The lowest BCUT2D eigenvalue weighted by atomic mass is 10.1. The summed E-state index contributed by atoms with van der Waals surface area (Å²) in [6.07, 6.45) is 1.96. The maximum Gasteiger partial charge on any atom is 0.275 e. The second kappa shape index (κ2) is 5.65. The third-order valence-corrected chi connectivity index (χ3v) is 3.56. The molecule has 0 unspecified atom stereocenters. The quantitative estimate of drug-likeness (QED) is 0.673. The van der Waals surface area contributed by atoms with E-state index in [1.54, 1.807) is 12.1 Å². The number of rotatable bonds is 4. The van der Waals surface area contributed by atoms with Crippen LogP contribution in [0.5, 0.6) is 0 Å². The first-order chi connectivity index (χ1) is 8.61. The van der Waals surface area contributed by atoms with Gasteiger partial charge in [-0.1, -0.05) is 11.6 Å². The Morgan fingerprint density at radius 2 is 2.33 bits per heavy atom. The van der Waals surface area contributed by atoms with Gasteiger partial charge in [0, 0.05) is 29.2 Å². The van der Waals surface area contributed by atoms with Gasteiger partial charge in [0.25, 0.3) is 5.69 Å². The highest BCUT2D eigenvalue weighted by atomic mass is 35.5. The van der Waals surface area contributed by atoms with Gasteiger partial charge in [0.2, 0.25) is 0 Å². The predicted molar refractivity (Wildman–Crippen MR) is 68.6 cm³/mol. The molecule has 1 heterocycles. The third kappa shape index (κ3) is 2.80. The molecule has 5 nitrogen and oxygen atoms in total. The number of nitro benzene ring substituents is 1. The van der Waals surface area contributed by atoms with E-state index in [1.165, 1.54) is 6.07 Å². The Morgan fingerprint density at radius 3 is 3.00 bits per heavy atom. The topological polar surface area (TPSA) is 66.6 Å². The first kappa shape index (κ1) is 13.3. The molecular weight excluding hydrogens is 256 g/mol. The zero-order valence-corrected chi connectivity index (χ0v) is 10.6. The van der Waals surface area contributed by atoms with Crippen LogP contribution in [-0.2, 0) is 6.54 Å². The standard InChI is InChI=1S/C12H15ClN2O3/c13-10-4-3-9(12(6-10)15(17)18)7-14-5-1-2-11(14)8-16/h3-4,6,11,16H,1-2,5,7-8H2/t11-/m0/s1. The largest absolute Gasteiger partial charge is 0.395 e. The Bertz CT molecular complexity index is 453. The Balaban J connectivity index is 2.20. The van der Waals surface area contributed by atoms with E-state index >= 15 is 0 Å². The SMILES string of the molecule is O=[N+]([O-])c1cc(Cl)ccc1CN1CCC[C@H]1CO. The van der Waals surface area contributed by atoms with Crippen LogP contribution in [0.2, 0.25) is 5.02 Å². The van der Waals surface area contributed by atoms with E-state index in [1.807, 2.05) is 0 Å². The first-order valence-corrected chi connectivity index (χ1v) is 6.27. The summed E-state index contributed by atoms with van der Waals surface area (Å²) in [5.41, 5.74) is 0.691. The smallest absolute Gasteiger partial charge is 0.275 e.